The molecule has 0 unspecified atom stereocenters. The number of aromatic nitrogens is 2. The van der Waals surface area contributed by atoms with Crippen molar-refractivity contribution in [3.63, 3.8) is 0 Å². The monoisotopic (exact) mass is 464 g/mol. The topological polar surface area (TPSA) is 114 Å². The zero-order chi connectivity index (χ0) is 23.3. The summed E-state index contributed by atoms with van der Waals surface area (Å²) in [6, 6.07) is 8.24. The van der Waals surface area contributed by atoms with E-state index in [1.165, 1.54) is 24.3 Å². The van der Waals surface area contributed by atoms with E-state index < -0.39 is 26.6 Å². The van der Waals surface area contributed by atoms with E-state index in [1.54, 1.807) is 0 Å². The number of hydrogen-bond donors (Lipinski definition) is 2. The third-order valence-corrected chi connectivity index (χ3v) is 5.80. The third-order valence-electron chi connectivity index (χ3n) is 4.42. The molecular weight excluding hydrogens is 442 g/mol. The summed E-state index contributed by atoms with van der Waals surface area (Å²) >= 11 is 0. The number of carbonyl (C=O) groups excluding carboxylic acids is 1. The molecule has 1 amide bonds. The Bertz CT molecular complexity index is 1190. The average Bonchev–Trinajstić information content (AvgIpc) is 3.20. The summed E-state index contributed by atoms with van der Waals surface area (Å²) in [5.41, 5.74) is 0.677. The van der Waals surface area contributed by atoms with Crippen molar-refractivity contribution in [1.29, 1.82) is 0 Å². The van der Waals surface area contributed by atoms with Gasteiger partial charge in [0, 0.05) is 30.1 Å². The second-order valence-corrected chi connectivity index (χ2v) is 9.04. The van der Waals surface area contributed by atoms with Gasteiger partial charge < -0.3 is 9.84 Å². The predicted octanol–water partition coefficient (Wildman–Crippen LogP) is 4.23. The highest BCUT2D eigenvalue weighted by Gasteiger charge is 2.17. The molecule has 0 aliphatic rings. The molecule has 1 aromatic heterocycles. The van der Waals surface area contributed by atoms with E-state index in [2.05, 4.69) is 20.2 Å². The maximum Gasteiger partial charge on any atom is 0.261 e. The second kappa shape index (κ2) is 9.86. The van der Waals surface area contributed by atoms with E-state index in [4.69, 9.17) is 4.52 Å². The summed E-state index contributed by atoms with van der Waals surface area (Å²) in [5, 5.41) is 6.58. The molecule has 1 heterocycles. The lowest BCUT2D eigenvalue weighted by Crippen LogP contribution is -2.14. The van der Waals surface area contributed by atoms with Gasteiger partial charge in [-0.2, -0.15) is 4.98 Å². The summed E-state index contributed by atoms with van der Waals surface area (Å²) < 4.78 is 58.4. The van der Waals surface area contributed by atoms with Crippen LogP contribution in [-0.4, -0.2) is 24.5 Å². The van der Waals surface area contributed by atoms with Crippen LogP contribution in [0.2, 0.25) is 0 Å². The van der Waals surface area contributed by atoms with Crippen molar-refractivity contribution >= 4 is 27.3 Å². The maximum atomic E-state index is 13.3. The van der Waals surface area contributed by atoms with Gasteiger partial charge in [-0.1, -0.05) is 19.0 Å². The van der Waals surface area contributed by atoms with Gasteiger partial charge in [-0.05, 0) is 48.9 Å². The van der Waals surface area contributed by atoms with Crippen LogP contribution in [0.15, 0.2) is 51.9 Å². The lowest BCUT2D eigenvalue weighted by Gasteiger charge is -2.10. The fourth-order valence-electron chi connectivity index (χ4n) is 2.71. The molecule has 3 aromatic rings. The Balaban J connectivity index is 1.51. The Morgan fingerprint density at radius 2 is 1.75 bits per heavy atom. The van der Waals surface area contributed by atoms with Gasteiger partial charge in [0.05, 0.1) is 4.90 Å². The van der Waals surface area contributed by atoms with Crippen LogP contribution in [0.5, 0.6) is 0 Å². The summed E-state index contributed by atoms with van der Waals surface area (Å²) in [6.45, 7) is 3.92. The van der Waals surface area contributed by atoms with Crippen molar-refractivity contribution in [2.75, 3.05) is 10.0 Å². The Morgan fingerprint density at radius 1 is 1.06 bits per heavy atom. The zero-order valence-electron chi connectivity index (χ0n) is 17.4. The highest BCUT2D eigenvalue weighted by atomic mass is 32.2. The van der Waals surface area contributed by atoms with Crippen molar-refractivity contribution in [1.82, 2.24) is 10.1 Å². The van der Waals surface area contributed by atoms with E-state index in [0.29, 0.717) is 36.3 Å². The minimum Gasteiger partial charge on any atom is -0.339 e. The summed E-state index contributed by atoms with van der Waals surface area (Å²) in [4.78, 5) is 16.0. The van der Waals surface area contributed by atoms with Crippen molar-refractivity contribution in [2.45, 2.75) is 43.9 Å². The largest absolute Gasteiger partial charge is 0.339 e. The van der Waals surface area contributed by atoms with Gasteiger partial charge in [-0.25, -0.2) is 17.2 Å². The summed E-state index contributed by atoms with van der Waals surface area (Å²) in [7, 11) is -4.09. The Labute approximate surface area is 184 Å². The smallest absolute Gasteiger partial charge is 0.261 e. The van der Waals surface area contributed by atoms with Gasteiger partial charge in [0.15, 0.2) is 17.5 Å². The van der Waals surface area contributed by atoms with Crippen LogP contribution in [0.1, 0.15) is 44.3 Å². The van der Waals surface area contributed by atoms with Crippen LogP contribution < -0.4 is 10.0 Å². The minimum atomic E-state index is -4.09. The van der Waals surface area contributed by atoms with Crippen LogP contribution in [0, 0.1) is 11.6 Å². The third kappa shape index (κ3) is 6.10. The Hall–Kier alpha value is -3.34. The number of benzene rings is 2. The minimum absolute atomic E-state index is 0.167. The van der Waals surface area contributed by atoms with Crippen molar-refractivity contribution in [3.05, 3.63) is 65.8 Å². The normalized spacial score (nSPS) is 11.5. The highest BCUT2D eigenvalue weighted by molar-refractivity contribution is 7.92. The van der Waals surface area contributed by atoms with Crippen LogP contribution in [0.25, 0.3) is 0 Å². The Kier molecular flexibility index (Phi) is 7.18. The molecule has 0 bridgehead atoms. The van der Waals surface area contributed by atoms with Crippen LogP contribution >= 0.6 is 0 Å². The Morgan fingerprint density at radius 3 is 2.38 bits per heavy atom. The first-order valence-corrected chi connectivity index (χ1v) is 11.3. The first-order valence-electron chi connectivity index (χ1n) is 9.84. The molecular formula is C21H22F2N4O4S. The first kappa shape index (κ1) is 23.3. The van der Waals surface area contributed by atoms with Crippen molar-refractivity contribution in [2.24, 2.45) is 0 Å². The van der Waals surface area contributed by atoms with Crippen molar-refractivity contribution < 1.29 is 26.5 Å². The molecule has 0 atom stereocenters. The molecule has 170 valence electrons. The second-order valence-electron chi connectivity index (χ2n) is 7.36. The quantitative estimate of drug-likeness (QED) is 0.490. The number of rotatable bonds is 9. The maximum absolute atomic E-state index is 13.3. The average molecular weight is 464 g/mol. The van der Waals surface area contributed by atoms with Gasteiger partial charge in [0.2, 0.25) is 11.8 Å². The molecule has 8 nitrogen and oxygen atoms in total. The van der Waals surface area contributed by atoms with Gasteiger partial charge in [0.1, 0.15) is 0 Å². The molecule has 0 fully saturated rings. The fourth-order valence-corrected chi connectivity index (χ4v) is 3.78. The summed E-state index contributed by atoms with van der Waals surface area (Å²) in [5.74, 6) is -1.33. The molecule has 0 spiro atoms. The number of anilines is 2. The molecule has 0 saturated heterocycles. The highest BCUT2D eigenvalue weighted by Crippen LogP contribution is 2.20. The lowest BCUT2D eigenvalue weighted by molar-refractivity contribution is -0.116. The van der Waals surface area contributed by atoms with E-state index in [9.17, 15) is 22.0 Å². The van der Waals surface area contributed by atoms with Gasteiger partial charge in [-0.15, -0.1) is 0 Å². The molecule has 0 radical (unpaired) electrons. The van der Waals surface area contributed by atoms with E-state index in [1.807, 2.05) is 13.8 Å². The van der Waals surface area contributed by atoms with Crippen LogP contribution in [0.4, 0.5) is 20.2 Å². The number of hydrogen-bond acceptors (Lipinski definition) is 6. The van der Waals surface area contributed by atoms with Gasteiger partial charge >= 0.3 is 0 Å². The molecule has 32 heavy (non-hydrogen) atoms. The molecule has 0 saturated carbocycles. The molecule has 0 aliphatic carbocycles. The van der Waals surface area contributed by atoms with Crippen LogP contribution in [0.3, 0.4) is 0 Å². The molecule has 2 N–H and O–H groups in total. The number of nitrogens with one attached hydrogen (secondary N) is 2. The molecule has 2 aromatic carbocycles. The van der Waals surface area contributed by atoms with Crippen LogP contribution in [-0.2, 0) is 21.2 Å². The van der Waals surface area contributed by atoms with Gasteiger partial charge in [-0.3, -0.25) is 9.52 Å². The standard InChI is InChI=1S/C21H22F2N4O4S/c1-13(2)21-25-20(31-26-21)5-3-4-19(28)24-14-6-8-15(9-7-14)27-32(29,30)16-10-11-17(22)18(23)12-16/h6-13,27H,3-5H2,1-2H3,(H,24,28). The molecule has 3 rings (SSSR count). The number of sulfonamides is 1. The zero-order valence-corrected chi connectivity index (χ0v) is 18.2. The molecule has 11 heteroatoms. The first-order chi connectivity index (χ1) is 15.1. The number of halogens is 2. The summed E-state index contributed by atoms with van der Waals surface area (Å²) in [6.07, 6.45) is 1.25. The SMILES string of the molecule is CC(C)c1noc(CCCC(=O)Nc2ccc(NS(=O)(=O)c3ccc(F)c(F)c3)cc2)n1. The van der Waals surface area contributed by atoms with E-state index >= 15 is 0 Å². The number of carbonyl (C=O) groups is 1. The lowest BCUT2D eigenvalue weighted by atomic mass is 10.2. The fraction of sp³-hybridized carbons (Fsp3) is 0.286. The van der Waals surface area contributed by atoms with E-state index in [-0.39, 0.29) is 23.9 Å². The van der Waals surface area contributed by atoms with E-state index in [0.717, 1.165) is 12.1 Å². The van der Waals surface area contributed by atoms with Crippen molar-refractivity contribution in [3.8, 4) is 0 Å². The predicted molar refractivity (Wildman–Crippen MR) is 114 cm³/mol. The molecule has 0 aliphatic heterocycles. The number of aryl methyl sites for hydroxylation is 1. The number of nitrogens with zero attached hydrogens (tertiary/aromatic N) is 2. The number of amides is 1. The van der Waals surface area contributed by atoms with Gasteiger partial charge in [0.25, 0.3) is 10.0 Å².